The maximum atomic E-state index is 12.8. The van der Waals surface area contributed by atoms with Crippen LogP contribution in [0.3, 0.4) is 0 Å². The van der Waals surface area contributed by atoms with Gasteiger partial charge in [0.15, 0.2) is 0 Å². The van der Waals surface area contributed by atoms with Crippen molar-refractivity contribution in [2.24, 2.45) is 0 Å². The average molecular weight is 443 g/mol. The molecule has 4 aromatic rings. The number of thiazole rings is 1. The van der Waals surface area contributed by atoms with Crippen LogP contribution >= 0.6 is 22.9 Å². The van der Waals surface area contributed by atoms with E-state index < -0.39 is 10.0 Å². The summed E-state index contributed by atoms with van der Waals surface area (Å²) >= 11 is 8.05. The number of sulfonamides is 1. The van der Waals surface area contributed by atoms with E-state index in [9.17, 15) is 8.42 Å². The topological polar surface area (TPSA) is 59.1 Å². The Morgan fingerprint density at radius 2 is 1.66 bits per heavy atom. The number of hydrogen-bond acceptors (Lipinski definition) is 4. The molecule has 0 fully saturated rings. The van der Waals surface area contributed by atoms with E-state index in [4.69, 9.17) is 11.6 Å². The monoisotopic (exact) mass is 442 g/mol. The van der Waals surface area contributed by atoms with Crippen LogP contribution in [0.1, 0.15) is 16.7 Å². The quantitative estimate of drug-likeness (QED) is 0.401. The molecular formula is C22H19ClN2O2S2. The molecule has 0 atom stereocenters. The number of anilines is 1. The van der Waals surface area contributed by atoms with Gasteiger partial charge in [-0.15, -0.1) is 11.3 Å². The van der Waals surface area contributed by atoms with Crippen molar-refractivity contribution in [2.75, 3.05) is 4.72 Å². The second-order valence-corrected chi connectivity index (χ2v) is 10.1. The van der Waals surface area contributed by atoms with Crippen LogP contribution in [0, 0.1) is 20.8 Å². The molecule has 0 aliphatic heterocycles. The van der Waals surface area contributed by atoms with E-state index in [1.165, 1.54) is 5.56 Å². The predicted octanol–water partition coefficient (Wildman–Crippen LogP) is 6.34. The number of nitrogens with one attached hydrogen (secondary N) is 1. The van der Waals surface area contributed by atoms with Gasteiger partial charge in [0.05, 0.1) is 25.8 Å². The first-order valence-corrected chi connectivity index (χ1v) is 11.7. The molecule has 1 heterocycles. The maximum Gasteiger partial charge on any atom is 0.262 e. The van der Waals surface area contributed by atoms with E-state index in [1.54, 1.807) is 48.6 Å². The van der Waals surface area contributed by atoms with Crippen molar-refractivity contribution >= 4 is 48.9 Å². The molecule has 4 nitrogen and oxygen atoms in total. The maximum absolute atomic E-state index is 12.8. The van der Waals surface area contributed by atoms with E-state index in [-0.39, 0.29) is 4.90 Å². The molecule has 1 N–H and O–H groups in total. The summed E-state index contributed by atoms with van der Waals surface area (Å²) in [5, 5.41) is 1.25. The Morgan fingerprint density at radius 3 is 2.38 bits per heavy atom. The summed E-state index contributed by atoms with van der Waals surface area (Å²) in [4.78, 5) is 4.91. The van der Waals surface area contributed by atoms with E-state index >= 15 is 0 Å². The summed E-state index contributed by atoms with van der Waals surface area (Å²) < 4.78 is 29.3. The summed E-state index contributed by atoms with van der Waals surface area (Å²) in [5.41, 5.74) is 5.00. The lowest BCUT2D eigenvalue weighted by molar-refractivity contribution is 0.600. The van der Waals surface area contributed by atoms with Gasteiger partial charge in [-0.3, -0.25) is 4.72 Å². The number of halogens is 1. The third-order valence-corrected chi connectivity index (χ3v) is 7.52. The number of aromatic nitrogens is 1. The lowest BCUT2D eigenvalue weighted by atomic mass is 10.2. The van der Waals surface area contributed by atoms with Gasteiger partial charge in [-0.1, -0.05) is 35.4 Å². The number of hydrogen-bond donors (Lipinski definition) is 1. The third-order valence-electron chi connectivity index (χ3n) is 4.62. The van der Waals surface area contributed by atoms with Gasteiger partial charge in [0.25, 0.3) is 10.0 Å². The van der Waals surface area contributed by atoms with Crippen LogP contribution < -0.4 is 4.72 Å². The predicted molar refractivity (Wildman–Crippen MR) is 122 cm³/mol. The van der Waals surface area contributed by atoms with Crippen molar-refractivity contribution in [3.05, 3.63) is 76.3 Å². The summed E-state index contributed by atoms with van der Waals surface area (Å²) in [6, 6.07) is 16.5. The fourth-order valence-corrected chi connectivity index (χ4v) is 5.92. The van der Waals surface area contributed by atoms with E-state index in [2.05, 4.69) is 15.8 Å². The van der Waals surface area contributed by atoms with Gasteiger partial charge >= 0.3 is 0 Å². The lowest BCUT2D eigenvalue weighted by Crippen LogP contribution is -2.14. The first-order valence-electron chi connectivity index (χ1n) is 9.00. The van der Waals surface area contributed by atoms with Gasteiger partial charge in [-0.05, 0) is 68.3 Å². The van der Waals surface area contributed by atoms with Gasteiger partial charge in [0, 0.05) is 5.56 Å². The van der Waals surface area contributed by atoms with Crippen LogP contribution in [-0.4, -0.2) is 13.4 Å². The second kappa shape index (κ2) is 7.44. The molecule has 0 spiro atoms. The fraction of sp³-hybridized carbons (Fsp3) is 0.136. The van der Waals surface area contributed by atoms with Crippen LogP contribution in [0.2, 0.25) is 5.02 Å². The molecule has 3 aromatic carbocycles. The Labute approximate surface area is 179 Å². The molecule has 148 valence electrons. The number of fused-ring (bicyclic) bond motifs is 1. The van der Waals surface area contributed by atoms with E-state index in [0.29, 0.717) is 16.3 Å². The van der Waals surface area contributed by atoms with Crippen molar-refractivity contribution < 1.29 is 8.42 Å². The van der Waals surface area contributed by atoms with E-state index in [1.807, 2.05) is 32.0 Å². The first kappa shape index (κ1) is 19.9. The van der Waals surface area contributed by atoms with Crippen molar-refractivity contribution in [2.45, 2.75) is 25.7 Å². The first-order chi connectivity index (χ1) is 13.7. The molecule has 0 aliphatic rings. The van der Waals surface area contributed by atoms with Crippen LogP contribution in [-0.2, 0) is 10.0 Å². The van der Waals surface area contributed by atoms with Gasteiger partial charge in [-0.2, -0.15) is 0 Å². The SMILES string of the molecule is Cc1ccc(S(=O)(=O)Nc2ccc(-c3nc4ccc(C)cc4s3)c(Cl)c2)c(C)c1. The van der Waals surface area contributed by atoms with Gasteiger partial charge in [0.2, 0.25) is 0 Å². The molecule has 0 saturated carbocycles. The molecule has 0 aliphatic carbocycles. The van der Waals surface area contributed by atoms with Crippen LogP contribution in [0.15, 0.2) is 59.5 Å². The number of nitrogens with zero attached hydrogens (tertiary/aromatic N) is 1. The number of rotatable bonds is 4. The fourth-order valence-electron chi connectivity index (χ4n) is 3.21. The van der Waals surface area contributed by atoms with Crippen molar-refractivity contribution in [1.82, 2.24) is 4.98 Å². The smallest absolute Gasteiger partial charge is 0.262 e. The second-order valence-electron chi connectivity index (χ2n) is 7.06. The molecular weight excluding hydrogens is 424 g/mol. The number of aryl methyl sites for hydroxylation is 3. The summed E-state index contributed by atoms with van der Waals surface area (Å²) in [6.07, 6.45) is 0. The summed E-state index contributed by atoms with van der Waals surface area (Å²) in [7, 11) is -3.70. The molecule has 0 bridgehead atoms. The Morgan fingerprint density at radius 1 is 0.931 bits per heavy atom. The van der Waals surface area contributed by atoms with Gasteiger partial charge < -0.3 is 0 Å². The molecule has 0 unspecified atom stereocenters. The zero-order valence-corrected chi connectivity index (χ0v) is 18.5. The Kier molecular flexibility index (Phi) is 5.11. The summed E-state index contributed by atoms with van der Waals surface area (Å²) in [5.74, 6) is 0. The molecule has 0 saturated heterocycles. The minimum absolute atomic E-state index is 0.254. The minimum atomic E-state index is -3.70. The molecule has 4 rings (SSSR count). The van der Waals surface area contributed by atoms with Gasteiger partial charge in [-0.25, -0.2) is 13.4 Å². The molecule has 0 amide bonds. The van der Waals surface area contributed by atoms with Crippen molar-refractivity contribution in [3.63, 3.8) is 0 Å². The van der Waals surface area contributed by atoms with E-state index in [0.717, 1.165) is 26.4 Å². The molecule has 1 aromatic heterocycles. The van der Waals surface area contributed by atoms with Gasteiger partial charge in [0.1, 0.15) is 5.01 Å². The zero-order chi connectivity index (χ0) is 20.8. The largest absolute Gasteiger partial charge is 0.280 e. The molecule has 7 heteroatoms. The van der Waals surface area contributed by atoms with Crippen LogP contribution in [0.5, 0.6) is 0 Å². The highest BCUT2D eigenvalue weighted by atomic mass is 35.5. The summed E-state index contributed by atoms with van der Waals surface area (Å²) in [6.45, 7) is 5.76. The zero-order valence-electron chi connectivity index (χ0n) is 16.2. The average Bonchev–Trinajstić information content (AvgIpc) is 3.03. The van der Waals surface area contributed by atoms with Crippen LogP contribution in [0.4, 0.5) is 5.69 Å². The minimum Gasteiger partial charge on any atom is -0.280 e. The Balaban J connectivity index is 1.66. The highest BCUT2D eigenvalue weighted by Gasteiger charge is 2.18. The highest BCUT2D eigenvalue weighted by Crippen LogP contribution is 2.36. The normalized spacial score (nSPS) is 11.7. The molecule has 0 radical (unpaired) electrons. The Hall–Kier alpha value is -2.41. The number of benzene rings is 3. The van der Waals surface area contributed by atoms with Crippen molar-refractivity contribution in [1.29, 1.82) is 0 Å². The Bertz CT molecular complexity index is 1340. The van der Waals surface area contributed by atoms with Crippen LogP contribution in [0.25, 0.3) is 20.8 Å². The standard InChI is InChI=1S/C22H19ClN2O2S2/c1-13-5-9-21(15(3)10-13)29(26,27)25-16-6-7-17(18(23)12-16)22-24-19-8-4-14(2)11-20(19)28-22/h4-12,25H,1-3H3. The third kappa shape index (κ3) is 4.01. The highest BCUT2D eigenvalue weighted by molar-refractivity contribution is 7.92. The lowest BCUT2D eigenvalue weighted by Gasteiger charge is -2.12. The molecule has 29 heavy (non-hydrogen) atoms. The van der Waals surface area contributed by atoms with Crippen molar-refractivity contribution in [3.8, 4) is 10.6 Å².